The molecule has 2 heterocycles. The smallest absolute Gasteiger partial charge is 0.300 e. The van der Waals surface area contributed by atoms with Gasteiger partial charge in [-0.25, -0.2) is 4.98 Å². The number of fused-ring (bicyclic) bond motifs is 1. The highest BCUT2D eigenvalue weighted by Crippen LogP contribution is 2.45. The zero-order chi connectivity index (χ0) is 28.3. The minimum absolute atomic E-state index is 0.0276. The molecule has 0 spiro atoms. The van der Waals surface area contributed by atoms with E-state index in [-0.39, 0.29) is 24.1 Å². The number of pyridine rings is 1. The van der Waals surface area contributed by atoms with Crippen molar-refractivity contribution in [2.75, 3.05) is 26.3 Å². The van der Waals surface area contributed by atoms with Crippen LogP contribution in [0.1, 0.15) is 55.3 Å². The molecule has 0 amide bonds. The van der Waals surface area contributed by atoms with E-state index in [4.69, 9.17) is 4.74 Å². The number of benzene rings is 1. The first-order valence-corrected chi connectivity index (χ1v) is 14.2. The average Bonchev–Trinajstić information content (AvgIpc) is 3.18. The lowest BCUT2D eigenvalue weighted by atomic mass is 9.86. The maximum absolute atomic E-state index is 15.3. The van der Waals surface area contributed by atoms with Crippen LogP contribution in [0, 0.1) is 5.95 Å². The minimum atomic E-state index is -3.33. The van der Waals surface area contributed by atoms with Crippen molar-refractivity contribution in [1.82, 2.24) is 9.88 Å². The molecule has 1 aliphatic heterocycles. The molecule has 1 saturated heterocycles. The van der Waals surface area contributed by atoms with Crippen molar-refractivity contribution in [1.29, 1.82) is 0 Å². The van der Waals surface area contributed by atoms with Gasteiger partial charge in [-0.2, -0.15) is 13.2 Å². The fourth-order valence-corrected chi connectivity index (χ4v) is 5.83. The molecule has 2 aliphatic carbocycles. The second-order valence-corrected chi connectivity index (χ2v) is 11.1. The highest BCUT2D eigenvalue weighted by Gasteiger charge is 2.30. The Balaban J connectivity index is 1.51. The van der Waals surface area contributed by atoms with Gasteiger partial charge in [-0.15, -0.1) is 0 Å². The first-order chi connectivity index (χ1) is 19.2. The van der Waals surface area contributed by atoms with Gasteiger partial charge >= 0.3 is 0 Å². The molecular weight excluding hydrogens is 539 g/mol. The topological polar surface area (TPSA) is 45.6 Å². The Morgan fingerprint density at radius 1 is 1.10 bits per heavy atom. The summed E-state index contributed by atoms with van der Waals surface area (Å²) in [6.07, 6.45) is 9.29. The lowest BCUT2D eigenvalue weighted by Gasteiger charge is -2.20. The van der Waals surface area contributed by atoms with Crippen molar-refractivity contribution in [3.63, 3.8) is 0 Å². The first-order valence-electron chi connectivity index (χ1n) is 13.7. The number of nitrogens with zero attached hydrogens (tertiary/aromatic N) is 2. The number of alkyl halides is 3. The first kappa shape index (κ1) is 28.6. The van der Waals surface area contributed by atoms with Gasteiger partial charge in [0.1, 0.15) is 23.3 Å². The molecular formula is C31H33F4N2O2P. The molecule has 1 fully saturated rings. The molecule has 1 N–H and O–H groups in total. The Bertz CT molecular complexity index is 1360. The van der Waals surface area contributed by atoms with Gasteiger partial charge in [0.25, 0.3) is 5.66 Å². The SMILES string of the molecule is OC1=CCC=C2C(=C1)CCCC(c1ccc(C(F)(F)P)nc1F)=C2c1ccc(O[C@H]2CCN(CCCF)C2)cc1. The molecule has 9 heteroatoms. The van der Waals surface area contributed by atoms with Crippen LogP contribution >= 0.6 is 9.24 Å². The van der Waals surface area contributed by atoms with E-state index in [1.807, 2.05) is 30.3 Å². The molecule has 1 aromatic heterocycles. The largest absolute Gasteiger partial charge is 0.508 e. The van der Waals surface area contributed by atoms with Crippen molar-refractivity contribution in [2.45, 2.75) is 50.3 Å². The zero-order valence-electron chi connectivity index (χ0n) is 22.2. The molecule has 0 bridgehead atoms. The Hall–Kier alpha value is -2.96. The van der Waals surface area contributed by atoms with E-state index < -0.39 is 17.3 Å². The molecule has 2 atom stereocenters. The molecule has 1 aromatic carbocycles. The molecule has 0 saturated carbocycles. The van der Waals surface area contributed by atoms with Crippen LogP contribution in [0.4, 0.5) is 17.6 Å². The Morgan fingerprint density at radius 3 is 2.62 bits per heavy atom. The second kappa shape index (κ2) is 12.3. The summed E-state index contributed by atoms with van der Waals surface area (Å²) in [5.41, 5.74) is 0.361. The van der Waals surface area contributed by atoms with Gasteiger partial charge in [0.15, 0.2) is 0 Å². The standard InChI is InChI=1S/C31H33F4N2O2P/c32-15-3-16-37-17-14-24(19-37)39-23-10-8-20(9-11-23)29-25-6-2-5-22(38)18-21(25)4-1-7-26(29)27-12-13-28(31(34,35)40)36-30(27)33/h5-6,8-13,18,24,38H,1-4,7,14-17,19,40H2/t24-/m0/s1. The second-order valence-electron chi connectivity index (χ2n) is 10.4. The van der Waals surface area contributed by atoms with Gasteiger partial charge in [-0.3, -0.25) is 9.29 Å². The molecule has 1 unspecified atom stereocenters. The summed E-state index contributed by atoms with van der Waals surface area (Å²) in [5, 5.41) is 10.3. The summed E-state index contributed by atoms with van der Waals surface area (Å²) in [6, 6.07) is 10.2. The maximum Gasteiger partial charge on any atom is 0.300 e. The normalized spacial score (nSPS) is 20.3. The molecule has 0 radical (unpaired) electrons. The number of allylic oxidation sites excluding steroid dienone is 7. The van der Waals surface area contributed by atoms with Crippen molar-refractivity contribution in [2.24, 2.45) is 0 Å². The van der Waals surface area contributed by atoms with E-state index >= 15 is 4.39 Å². The number of rotatable bonds is 8. The molecule has 4 nitrogen and oxygen atoms in total. The number of halogens is 4. The van der Waals surface area contributed by atoms with Crippen molar-refractivity contribution >= 4 is 20.4 Å². The predicted molar refractivity (Wildman–Crippen MR) is 152 cm³/mol. The number of ether oxygens (including phenoxy) is 1. The van der Waals surface area contributed by atoms with Crippen molar-refractivity contribution in [3.8, 4) is 5.75 Å². The summed E-state index contributed by atoms with van der Waals surface area (Å²) in [6.45, 7) is 2.04. The number of likely N-dealkylation sites (tertiary alicyclic amines) is 1. The van der Waals surface area contributed by atoms with E-state index in [1.165, 1.54) is 21.4 Å². The highest BCUT2D eigenvalue weighted by atomic mass is 31.0. The van der Waals surface area contributed by atoms with Crippen LogP contribution in [0.25, 0.3) is 11.1 Å². The third kappa shape index (κ3) is 6.50. The zero-order valence-corrected chi connectivity index (χ0v) is 23.3. The van der Waals surface area contributed by atoms with Gasteiger partial charge in [-0.1, -0.05) is 27.4 Å². The summed E-state index contributed by atoms with van der Waals surface area (Å²) in [7, 11) is 1.40. The average molecular weight is 573 g/mol. The number of aromatic nitrogens is 1. The summed E-state index contributed by atoms with van der Waals surface area (Å²) in [5.74, 6) is -0.0419. The lowest BCUT2D eigenvalue weighted by Crippen LogP contribution is -2.26. The van der Waals surface area contributed by atoms with Crippen LogP contribution in [-0.4, -0.2) is 47.4 Å². The minimum Gasteiger partial charge on any atom is -0.508 e. The van der Waals surface area contributed by atoms with E-state index in [0.29, 0.717) is 43.4 Å². The summed E-state index contributed by atoms with van der Waals surface area (Å²) < 4.78 is 61.7. The Morgan fingerprint density at radius 2 is 1.90 bits per heavy atom. The van der Waals surface area contributed by atoms with E-state index in [9.17, 15) is 18.3 Å². The molecule has 2 aromatic rings. The Kier molecular flexibility index (Phi) is 8.77. The molecule has 3 aliphatic rings. The molecule has 5 rings (SSSR count). The number of hydrogen-bond donors (Lipinski definition) is 1. The van der Waals surface area contributed by atoms with Gasteiger partial charge in [0, 0.05) is 25.2 Å². The third-order valence-corrected chi connectivity index (χ3v) is 7.86. The quantitative estimate of drug-likeness (QED) is 0.200. The van der Waals surface area contributed by atoms with Crippen LogP contribution in [0.15, 0.2) is 71.5 Å². The van der Waals surface area contributed by atoms with Crippen LogP contribution in [0.3, 0.4) is 0 Å². The van der Waals surface area contributed by atoms with Gasteiger partial charge in [0.05, 0.1) is 6.67 Å². The van der Waals surface area contributed by atoms with E-state index in [0.717, 1.165) is 48.3 Å². The van der Waals surface area contributed by atoms with Crippen LogP contribution < -0.4 is 4.74 Å². The van der Waals surface area contributed by atoms with E-state index in [1.54, 1.807) is 12.2 Å². The van der Waals surface area contributed by atoms with E-state index in [2.05, 4.69) is 9.88 Å². The number of aliphatic hydroxyl groups excluding tert-OH is 1. The van der Waals surface area contributed by atoms with Crippen molar-refractivity contribution < 1.29 is 27.4 Å². The van der Waals surface area contributed by atoms with Gasteiger partial charge in [-0.05, 0) is 103 Å². The van der Waals surface area contributed by atoms with Crippen molar-refractivity contribution in [3.05, 3.63) is 94.3 Å². The maximum atomic E-state index is 15.3. The summed E-state index contributed by atoms with van der Waals surface area (Å²) >= 11 is 0. The predicted octanol–water partition coefficient (Wildman–Crippen LogP) is 7.75. The fourth-order valence-electron chi connectivity index (χ4n) is 5.67. The Labute approximate surface area is 234 Å². The monoisotopic (exact) mass is 572 g/mol. The van der Waals surface area contributed by atoms with Crippen LogP contribution in [0.2, 0.25) is 0 Å². The van der Waals surface area contributed by atoms with Gasteiger partial charge in [0.2, 0.25) is 5.95 Å². The lowest BCUT2D eigenvalue weighted by molar-refractivity contribution is 0.0975. The summed E-state index contributed by atoms with van der Waals surface area (Å²) in [4.78, 5) is 5.81. The van der Waals surface area contributed by atoms with Crippen LogP contribution in [0.5, 0.6) is 5.75 Å². The highest BCUT2D eigenvalue weighted by molar-refractivity contribution is 7.17. The molecule has 212 valence electrons. The molecule has 40 heavy (non-hydrogen) atoms. The number of hydrogen-bond acceptors (Lipinski definition) is 4. The third-order valence-electron chi connectivity index (χ3n) is 7.56. The number of aliphatic hydroxyl groups is 1. The van der Waals surface area contributed by atoms with Gasteiger partial charge < -0.3 is 9.84 Å². The van der Waals surface area contributed by atoms with Crippen LogP contribution in [-0.2, 0) is 5.66 Å². The fraction of sp³-hybridized carbons (Fsp3) is 0.387.